The van der Waals surface area contributed by atoms with Gasteiger partial charge in [-0.3, -0.25) is 0 Å². The first-order valence-corrected chi connectivity index (χ1v) is 5.99. The monoisotopic (exact) mass is 258 g/mol. The maximum absolute atomic E-state index is 12.4. The van der Waals surface area contributed by atoms with E-state index in [0.717, 1.165) is 17.0 Å². The maximum Gasteiger partial charge on any atom is 0.416 e. The minimum atomic E-state index is -4.30. The molecule has 0 aliphatic heterocycles. The molecule has 0 aliphatic rings. The Morgan fingerprint density at radius 1 is 1.18 bits per heavy atom. The molecule has 0 atom stereocenters. The molecule has 0 radical (unpaired) electrons. The first-order valence-electron chi connectivity index (χ1n) is 4.77. The lowest BCUT2D eigenvalue weighted by Crippen LogP contribution is -2.05. The van der Waals surface area contributed by atoms with Crippen LogP contribution in [0.1, 0.15) is 5.56 Å². The Kier molecular flexibility index (Phi) is 3.15. The average Bonchev–Trinajstić information content (AvgIpc) is 2.76. The van der Waals surface area contributed by atoms with Crippen molar-refractivity contribution in [2.75, 3.05) is 6.26 Å². The van der Waals surface area contributed by atoms with Gasteiger partial charge in [0, 0.05) is 11.1 Å². The molecule has 1 heterocycles. The summed E-state index contributed by atoms with van der Waals surface area (Å²) in [5, 5.41) is 4.06. The molecular formula is C11H9F3N2S. The van der Waals surface area contributed by atoms with Crippen molar-refractivity contribution in [3.05, 3.63) is 42.2 Å². The lowest BCUT2D eigenvalue weighted by Gasteiger charge is -2.07. The van der Waals surface area contributed by atoms with E-state index in [1.165, 1.54) is 23.9 Å². The fourth-order valence-corrected chi connectivity index (χ4v) is 1.71. The molecule has 0 unspecified atom stereocenters. The normalized spacial score (nSPS) is 11.8. The van der Waals surface area contributed by atoms with Gasteiger partial charge in [0.25, 0.3) is 0 Å². The smallest absolute Gasteiger partial charge is 0.240 e. The fraction of sp³-hybridized carbons (Fsp3) is 0.182. The number of nitrogens with zero attached hydrogens (tertiary/aromatic N) is 2. The summed E-state index contributed by atoms with van der Waals surface area (Å²) in [7, 11) is 0. The van der Waals surface area contributed by atoms with Gasteiger partial charge in [-0.05, 0) is 30.5 Å². The molecule has 0 saturated heterocycles. The molecule has 0 amide bonds. The van der Waals surface area contributed by atoms with Gasteiger partial charge in [-0.2, -0.15) is 18.3 Å². The summed E-state index contributed by atoms with van der Waals surface area (Å²) in [5.74, 6) is 0. The van der Waals surface area contributed by atoms with Crippen LogP contribution >= 0.6 is 11.8 Å². The summed E-state index contributed by atoms with van der Waals surface area (Å²) in [5.41, 5.74) is -0.0446. The third-order valence-electron chi connectivity index (χ3n) is 2.25. The van der Waals surface area contributed by atoms with E-state index in [9.17, 15) is 13.2 Å². The number of hydrogen-bond donors (Lipinski definition) is 0. The molecule has 90 valence electrons. The second kappa shape index (κ2) is 4.44. The Balaban J connectivity index is 2.29. The highest BCUT2D eigenvalue weighted by Crippen LogP contribution is 2.29. The van der Waals surface area contributed by atoms with Crippen LogP contribution in [0.15, 0.2) is 41.6 Å². The van der Waals surface area contributed by atoms with Gasteiger partial charge in [0.15, 0.2) is 0 Å². The van der Waals surface area contributed by atoms with Crippen molar-refractivity contribution < 1.29 is 13.2 Å². The number of thioether (sulfide) groups is 1. The van der Waals surface area contributed by atoms with E-state index in [1.807, 2.05) is 6.26 Å². The lowest BCUT2D eigenvalue weighted by molar-refractivity contribution is -0.137. The molecule has 0 N–H and O–H groups in total. The van der Waals surface area contributed by atoms with Gasteiger partial charge in [0.05, 0.1) is 17.4 Å². The van der Waals surface area contributed by atoms with E-state index in [1.54, 1.807) is 17.1 Å². The van der Waals surface area contributed by atoms with Crippen molar-refractivity contribution in [2.45, 2.75) is 11.1 Å². The van der Waals surface area contributed by atoms with Crippen molar-refractivity contribution in [1.82, 2.24) is 9.78 Å². The first kappa shape index (κ1) is 12.0. The number of aromatic nitrogens is 2. The second-order valence-electron chi connectivity index (χ2n) is 3.37. The molecule has 1 aromatic heterocycles. The highest BCUT2D eigenvalue weighted by Gasteiger charge is 2.29. The van der Waals surface area contributed by atoms with Crippen LogP contribution in [0.3, 0.4) is 0 Å². The highest BCUT2D eigenvalue weighted by atomic mass is 32.2. The molecule has 2 rings (SSSR count). The zero-order chi connectivity index (χ0) is 12.5. The van der Waals surface area contributed by atoms with Crippen molar-refractivity contribution in [2.24, 2.45) is 0 Å². The Hall–Kier alpha value is -1.43. The largest absolute Gasteiger partial charge is 0.416 e. The lowest BCUT2D eigenvalue weighted by atomic mass is 10.2. The van der Waals surface area contributed by atoms with E-state index in [2.05, 4.69) is 5.10 Å². The zero-order valence-electron chi connectivity index (χ0n) is 8.90. The third-order valence-corrected chi connectivity index (χ3v) is 2.94. The summed E-state index contributed by atoms with van der Waals surface area (Å²) in [6.45, 7) is 0. The molecule has 6 heteroatoms. The molecule has 0 fully saturated rings. The Morgan fingerprint density at radius 3 is 2.29 bits per heavy atom. The SMILES string of the molecule is CSc1cnn(-c2ccc(C(F)(F)F)cc2)c1. The molecular weight excluding hydrogens is 249 g/mol. The van der Waals surface area contributed by atoms with Crippen LogP contribution in [0.5, 0.6) is 0 Å². The van der Waals surface area contributed by atoms with Crippen LogP contribution < -0.4 is 0 Å². The molecule has 0 saturated carbocycles. The van der Waals surface area contributed by atoms with Gasteiger partial charge >= 0.3 is 6.18 Å². The minimum absolute atomic E-state index is 0.610. The fourth-order valence-electron chi connectivity index (χ4n) is 1.36. The third kappa shape index (κ3) is 2.63. The average molecular weight is 258 g/mol. The molecule has 0 spiro atoms. The molecule has 2 aromatic rings. The summed E-state index contributed by atoms with van der Waals surface area (Å²) in [6, 6.07) is 4.91. The molecule has 0 bridgehead atoms. The molecule has 17 heavy (non-hydrogen) atoms. The van der Waals surface area contributed by atoms with Gasteiger partial charge < -0.3 is 0 Å². The Labute approximate surface area is 100 Å². The van der Waals surface area contributed by atoms with Crippen LogP contribution in [0.2, 0.25) is 0 Å². The summed E-state index contributed by atoms with van der Waals surface area (Å²) >= 11 is 1.53. The van der Waals surface area contributed by atoms with Crippen LogP contribution in [0.4, 0.5) is 13.2 Å². The van der Waals surface area contributed by atoms with Crippen LogP contribution in [0, 0.1) is 0 Å². The van der Waals surface area contributed by atoms with Gasteiger partial charge in [0.2, 0.25) is 0 Å². The number of benzene rings is 1. The summed E-state index contributed by atoms with van der Waals surface area (Å²) < 4.78 is 38.6. The van der Waals surface area contributed by atoms with Crippen molar-refractivity contribution in [3.63, 3.8) is 0 Å². The predicted octanol–water partition coefficient (Wildman–Crippen LogP) is 3.61. The second-order valence-corrected chi connectivity index (χ2v) is 4.25. The van der Waals surface area contributed by atoms with E-state index < -0.39 is 11.7 Å². The number of rotatable bonds is 2. The van der Waals surface area contributed by atoms with Gasteiger partial charge in [-0.25, -0.2) is 4.68 Å². The number of halogens is 3. The van der Waals surface area contributed by atoms with Gasteiger partial charge in [-0.15, -0.1) is 11.8 Å². The summed E-state index contributed by atoms with van der Waals surface area (Å²) in [4.78, 5) is 0.963. The molecule has 0 aliphatic carbocycles. The number of alkyl halides is 3. The Bertz CT molecular complexity index is 502. The standard InChI is InChI=1S/C11H9F3N2S/c1-17-10-6-15-16(7-10)9-4-2-8(3-5-9)11(12,13)14/h2-7H,1H3. The van der Waals surface area contributed by atoms with Gasteiger partial charge in [-0.1, -0.05) is 0 Å². The number of hydrogen-bond acceptors (Lipinski definition) is 2. The van der Waals surface area contributed by atoms with Gasteiger partial charge in [0.1, 0.15) is 0 Å². The van der Waals surface area contributed by atoms with Crippen molar-refractivity contribution in [3.8, 4) is 5.69 Å². The maximum atomic E-state index is 12.4. The molecule has 2 nitrogen and oxygen atoms in total. The highest BCUT2D eigenvalue weighted by molar-refractivity contribution is 7.98. The molecule has 1 aromatic carbocycles. The summed E-state index contributed by atoms with van der Waals surface area (Å²) in [6.07, 6.45) is 1.05. The van der Waals surface area contributed by atoms with E-state index in [0.29, 0.717) is 5.69 Å². The van der Waals surface area contributed by atoms with Crippen molar-refractivity contribution >= 4 is 11.8 Å². The quantitative estimate of drug-likeness (QED) is 0.766. The minimum Gasteiger partial charge on any atom is -0.240 e. The van der Waals surface area contributed by atoms with E-state index >= 15 is 0 Å². The topological polar surface area (TPSA) is 17.8 Å². The zero-order valence-corrected chi connectivity index (χ0v) is 9.72. The van der Waals surface area contributed by atoms with Crippen molar-refractivity contribution in [1.29, 1.82) is 0 Å². The van der Waals surface area contributed by atoms with E-state index in [4.69, 9.17) is 0 Å². The Morgan fingerprint density at radius 2 is 1.82 bits per heavy atom. The van der Waals surface area contributed by atoms with Crippen LogP contribution in [0.25, 0.3) is 5.69 Å². The van der Waals surface area contributed by atoms with Crippen LogP contribution in [-0.4, -0.2) is 16.0 Å². The first-order chi connectivity index (χ1) is 8.00. The van der Waals surface area contributed by atoms with E-state index in [-0.39, 0.29) is 0 Å². The van der Waals surface area contributed by atoms with Crippen LogP contribution in [-0.2, 0) is 6.18 Å². The predicted molar refractivity (Wildman–Crippen MR) is 60.3 cm³/mol.